The average Bonchev–Trinajstić information content (AvgIpc) is 3.34. The van der Waals surface area contributed by atoms with Crippen molar-refractivity contribution in [1.82, 2.24) is 0 Å². The molecule has 0 fully saturated rings. The van der Waals surface area contributed by atoms with Gasteiger partial charge in [0.1, 0.15) is 11.5 Å². The smallest absolute Gasteiger partial charge is 0.338 e. The van der Waals surface area contributed by atoms with Gasteiger partial charge in [0.2, 0.25) is 0 Å². The number of benzene rings is 4. The second-order valence-electron chi connectivity index (χ2n) is 17.8. The standard InChI is InChI=1S/C58H80N2O6/c1-4-6-8-10-12-14-16-18-20-22-42-63-55-36-32-53(33-37-55)59-46-49-24-28-51(29-25-49)57(61)65-44-40-48(3)41-45-66-58(62)52-30-26-50(27-31-52)47-60-54-34-38-56(39-35-54)64-43-23-21-19-17-15-13-11-9-7-5-2/h24-39,46-48H,4-23,40-45H2,1-3H3. The van der Waals surface area contributed by atoms with Crippen molar-refractivity contribution in [3.8, 4) is 11.5 Å². The molecule has 0 aliphatic rings. The third-order valence-electron chi connectivity index (χ3n) is 11.9. The van der Waals surface area contributed by atoms with Crippen LogP contribution in [0.4, 0.5) is 11.4 Å². The van der Waals surface area contributed by atoms with Gasteiger partial charge in [0.25, 0.3) is 0 Å². The van der Waals surface area contributed by atoms with E-state index in [0.29, 0.717) is 24.0 Å². The van der Waals surface area contributed by atoms with E-state index in [1.54, 1.807) is 36.7 Å². The number of hydrogen-bond acceptors (Lipinski definition) is 8. The molecule has 0 aliphatic heterocycles. The van der Waals surface area contributed by atoms with Gasteiger partial charge in [0, 0.05) is 12.4 Å². The third-order valence-corrected chi connectivity index (χ3v) is 11.9. The number of carbonyl (C=O) groups is 2. The first kappa shape index (κ1) is 53.4. The third kappa shape index (κ3) is 23.8. The zero-order valence-electron chi connectivity index (χ0n) is 40.7. The Kier molecular flexibility index (Phi) is 27.6. The molecule has 0 aromatic heterocycles. The van der Waals surface area contributed by atoms with Crippen LogP contribution in [0.1, 0.15) is 194 Å². The van der Waals surface area contributed by atoms with Crippen molar-refractivity contribution in [3.05, 3.63) is 119 Å². The Morgan fingerprint density at radius 3 is 1.08 bits per heavy atom. The van der Waals surface area contributed by atoms with Crippen molar-refractivity contribution in [3.63, 3.8) is 0 Å². The van der Waals surface area contributed by atoms with E-state index in [1.165, 1.54) is 116 Å². The maximum Gasteiger partial charge on any atom is 0.338 e. The fourth-order valence-electron chi connectivity index (χ4n) is 7.54. The molecule has 4 aromatic rings. The summed E-state index contributed by atoms with van der Waals surface area (Å²) in [6.45, 7) is 8.65. The Labute approximate surface area is 398 Å². The SMILES string of the molecule is CCCCCCCCCCCCOc1ccc(N=Cc2ccc(C(=O)OCCC(C)CCOC(=O)c3ccc(C=Nc4ccc(OCCCCCCCCCCCC)cc4)cc3)cc2)cc1. The monoisotopic (exact) mass is 901 g/mol. The van der Waals surface area contributed by atoms with Gasteiger partial charge in [-0.3, -0.25) is 9.98 Å². The van der Waals surface area contributed by atoms with Crippen LogP contribution >= 0.6 is 0 Å². The number of rotatable bonds is 36. The van der Waals surface area contributed by atoms with Crippen molar-refractivity contribution in [2.45, 2.75) is 162 Å². The highest BCUT2D eigenvalue weighted by atomic mass is 16.5. The first-order valence-corrected chi connectivity index (χ1v) is 25.5. The van der Waals surface area contributed by atoms with E-state index in [0.717, 1.165) is 60.1 Å². The lowest BCUT2D eigenvalue weighted by molar-refractivity contribution is 0.0449. The van der Waals surface area contributed by atoms with Crippen molar-refractivity contribution >= 4 is 35.7 Å². The molecule has 0 spiro atoms. The summed E-state index contributed by atoms with van der Waals surface area (Å²) in [5.74, 6) is 1.21. The van der Waals surface area contributed by atoms with Gasteiger partial charge in [-0.05, 0) is 116 Å². The van der Waals surface area contributed by atoms with E-state index in [2.05, 4.69) is 30.8 Å². The number of hydrogen-bond donors (Lipinski definition) is 0. The molecule has 4 aromatic carbocycles. The highest BCUT2D eigenvalue weighted by Gasteiger charge is 2.11. The number of carbonyl (C=O) groups excluding carboxylic acids is 2. The molecule has 358 valence electrons. The number of aliphatic imine (C=N–C) groups is 2. The Morgan fingerprint density at radius 1 is 0.424 bits per heavy atom. The molecule has 0 N–H and O–H groups in total. The van der Waals surface area contributed by atoms with E-state index in [1.807, 2.05) is 72.8 Å². The van der Waals surface area contributed by atoms with E-state index in [-0.39, 0.29) is 31.1 Å². The minimum Gasteiger partial charge on any atom is -0.494 e. The minimum atomic E-state index is -0.364. The molecule has 0 unspecified atom stereocenters. The second kappa shape index (κ2) is 34.1. The normalized spacial score (nSPS) is 11.9. The van der Waals surface area contributed by atoms with E-state index in [4.69, 9.17) is 18.9 Å². The largest absolute Gasteiger partial charge is 0.494 e. The molecule has 0 bridgehead atoms. The topological polar surface area (TPSA) is 95.8 Å². The summed E-state index contributed by atoms with van der Waals surface area (Å²) in [6, 6.07) is 30.1. The number of nitrogens with zero attached hydrogens (tertiary/aromatic N) is 2. The molecule has 0 atom stereocenters. The lowest BCUT2D eigenvalue weighted by atomic mass is 10.1. The Hall–Kier alpha value is -5.24. The molecule has 4 rings (SSSR count). The highest BCUT2D eigenvalue weighted by molar-refractivity contribution is 5.92. The fraction of sp³-hybridized carbons (Fsp3) is 0.517. The van der Waals surface area contributed by atoms with Gasteiger partial charge in [0.05, 0.1) is 48.9 Å². The van der Waals surface area contributed by atoms with Gasteiger partial charge in [-0.1, -0.05) is 161 Å². The molecule has 8 heteroatoms. The van der Waals surface area contributed by atoms with E-state index >= 15 is 0 Å². The van der Waals surface area contributed by atoms with E-state index < -0.39 is 0 Å². The van der Waals surface area contributed by atoms with Crippen LogP contribution in [-0.2, 0) is 9.47 Å². The zero-order chi connectivity index (χ0) is 46.7. The predicted octanol–water partition coefficient (Wildman–Crippen LogP) is 16.2. The van der Waals surface area contributed by atoms with Crippen molar-refractivity contribution < 1.29 is 28.5 Å². The summed E-state index contributed by atoms with van der Waals surface area (Å²) in [5.41, 5.74) is 4.42. The molecular formula is C58H80N2O6. The van der Waals surface area contributed by atoms with Crippen LogP contribution in [0.3, 0.4) is 0 Å². The van der Waals surface area contributed by atoms with Crippen LogP contribution in [-0.4, -0.2) is 50.8 Å². The van der Waals surface area contributed by atoms with Crippen LogP contribution in [0, 0.1) is 5.92 Å². The molecule has 0 heterocycles. The van der Waals surface area contributed by atoms with Gasteiger partial charge in [0.15, 0.2) is 0 Å². The van der Waals surface area contributed by atoms with Gasteiger partial charge in [-0.15, -0.1) is 0 Å². The molecule has 8 nitrogen and oxygen atoms in total. The summed E-state index contributed by atoms with van der Waals surface area (Å²) in [5, 5.41) is 0. The number of unbranched alkanes of at least 4 members (excludes halogenated alkanes) is 18. The quantitative estimate of drug-likeness (QED) is 0.0256. The summed E-state index contributed by atoms with van der Waals surface area (Å²) in [6.07, 6.45) is 31.1. The molecule has 0 amide bonds. The maximum absolute atomic E-state index is 12.7. The summed E-state index contributed by atoms with van der Waals surface area (Å²) in [7, 11) is 0. The highest BCUT2D eigenvalue weighted by Crippen LogP contribution is 2.21. The Morgan fingerprint density at radius 2 is 0.742 bits per heavy atom. The predicted molar refractivity (Wildman–Crippen MR) is 274 cm³/mol. The van der Waals surface area contributed by atoms with Gasteiger partial charge < -0.3 is 18.9 Å². The molecule has 0 radical (unpaired) electrons. The van der Waals surface area contributed by atoms with Crippen LogP contribution in [0.5, 0.6) is 11.5 Å². The van der Waals surface area contributed by atoms with Crippen molar-refractivity contribution in [2.75, 3.05) is 26.4 Å². The van der Waals surface area contributed by atoms with Crippen LogP contribution < -0.4 is 9.47 Å². The number of ether oxygens (including phenoxy) is 4. The Bertz CT molecular complexity index is 1780. The molecule has 0 aliphatic carbocycles. The summed E-state index contributed by atoms with van der Waals surface area (Å²) >= 11 is 0. The van der Waals surface area contributed by atoms with Crippen LogP contribution in [0.25, 0.3) is 0 Å². The first-order chi connectivity index (χ1) is 32.4. The van der Waals surface area contributed by atoms with Gasteiger partial charge in [-0.25, -0.2) is 9.59 Å². The van der Waals surface area contributed by atoms with E-state index in [9.17, 15) is 9.59 Å². The molecular weight excluding hydrogens is 821 g/mol. The number of esters is 2. The van der Waals surface area contributed by atoms with Crippen LogP contribution in [0.2, 0.25) is 0 Å². The summed E-state index contributed by atoms with van der Waals surface area (Å²) in [4.78, 5) is 34.5. The van der Waals surface area contributed by atoms with Crippen LogP contribution in [0.15, 0.2) is 107 Å². The minimum absolute atomic E-state index is 0.207. The first-order valence-electron chi connectivity index (χ1n) is 25.5. The molecule has 66 heavy (non-hydrogen) atoms. The van der Waals surface area contributed by atoms with Crippen molar-refractivity contribution in [1.29, 1.82) is 0 Å². The van der Waals surface area contributed by atoms with Gasteiger partial charge in [-0.2, -0.15) is 0 Å². The lowest BCUT2D eigenvalue weighted by Gasteiger charge is -2.12. The van der Waals surface area contributed by atoms with Gasteiger partial charge >= 0.3 is 11.9 Å². The zero-order valence-corrected chi connectivity index (χ0v) is 40.7. The average molecular weight is 901 g/mol. The lowest BCUT2D eigenvalue weighted by Crippen LogP contribution is -2.12. The fourth-order valence-corrected chi connectivity index (χ4v) is 7.54. The molecule has 0 saturated heterocycles. The second-order valence-corrected chi connectivity index (χ2v) is 17.8. The molecule has 0 saturated carbocycles. The van der Waals surface area contributed by atoms with Crippen molar-refractivity contribution in [2.24, 2.45) is 15.9 Å². The Balaban J connectivity index is 1.02. The maximum atomic E-state index is 12.7. The summed E-state index contributed by atoms with van der Waals surface area (Å²) < 4.78 is 23.0.